The second kappa shape index (κ2) is 7.67. The molecule has 0 radical (unpaired) electrons. The van der Waals surface area contributed by atoms with Gasteiger partial charge in [0.25, 0.3) is 0 Å². The van der Waals surface area contributed by atoms with Gasteiger partial charge >= 0.3 is 0 Å². The van der Waals surface area contributed by atoms with E-state index in [1.807, 2.05) is 0 Å². The van der Waals surface area contributed by atoms with Crippen LogP contribution in [0.25, 0.3) is 0 Å². The van der Waals surface area contributed by atoms with Gasteiger partial charge in [0.1, 0.15) is 0 Å². The molecule has 100 valence electrons. The Morgan fingerprint density at radius 2 is 2.29 bits per heavy atom. The van der Waals surface area contributed by atoms with Crippen LogP contribution < -0.4 is 0 Å². The molecular weight excluding hydrogens is 216 g/mol. The van der Waals surface area contributed by atoms with Crippen LogP contribution in [-0.2, 0) is 9.53 Å². The van der Waals surface area contributed by atoms with E-state index in [-0.39, 0.29) is 6.10 Å². The predicted octanol–water partition coefficient (Wildman–Crippen LogP) is 1.21. The number of nitrogens with zero attached hydrogens (tertiary/aromatic N) is 2. The zero-order chi connectivity index (χ0) is 12.7. The van der Waals surface area contributed by atoms with Crippen LogP contribution in [0.1, 0.15) is 26.7 Å². The summed E-state index contributed by atoms with van der Waals surface area (Å²) >= 11 is 0. The average Bonchev–Trinajstić information content (AvgIpc) is 2.29. The molecule has 0 N–H and O–H groups in total. The number of ether oxygens (including phenoxy) is 1. The molecule has 1 amide bonds. The normalized spacial score (nSPS) is 21.8. The number of morpholine rings is 1. The molecule has 0 aromatic rings. The van der Waals surface area contributed by atoms with E-state index in [1.165, 1.54) is 12.8 Å². The first-order valence-corrected chi connectivity index (χ1v) is 6.61. The molecular formula is C13H26N2O2. The summed E-state index contributed by atoms with van der Waals surface area (Å²) in [6.45, 7) is 9.16. The van der Waals surface area contributed by atoms with Crippen molar-refractivity contribution in [3.63, 3.8) is 0 Å². The number of amides is 1. The minimum Gasteiger partial charge on any atom is -0.374 e. The van der Waals surface area contributed by atoms with Gasteiger partial charge < -0.3 is 9.64 Å². The zero-order valence-electron chi connectivity index (χ0n) is 11.4. The van der Waals surface area contributed by atoms with Gasteiger partial charge in [-0.15, -0.1) is 0 Å². The molecule has 1 heterocycles. The molecule has 0 aromatic carbocycles. The highest BCUT2D eigenvalue weighted by Crippen LogP contribution is 2.09. The molecule has 1 atom stereocenters. The van der Waals surface area contributed by atoms with E-state index in [0.29, 0.717) is 6.54 Å². The van der Waals surface area contributed by atoms with Gasteiger partial charge in [-0.05, 0) is 25.3 Å². The maximum Gasteiger partial charge on any atom is 0.209 e. The van der Waals surface area contributed by atoms with E-state index < -0.39 is 0 Å². The van der Waals surface area contributed by atoms with Crippen LogP contribution in [0, 0.1) is 5.92 Å². The van der Waals surface area contributed by atoms with E-state index in [0.717, 1.165) is 38.6 Å². The number of rotatable bonds is 7. The fourth-order valence-corrected chi connectivity index (χ4v) is 2.18. The second-order valence-electron chi connectivity index (χ2n) is 5.37. The van der Waals surface area contributed by atoms with Gasteiger partial charge in [0.05, 0.1) is 12.7 Å². The van der Waals surface area contributed by atoms with Crippen LogP contribution in [0.2, 0.25) is 0 Å². The third-order valence-corrected chi connectivity index (χ3v) is 3.15. The third-order valence-electron chi connectivity index (χ3n) is 3.15. The summed E-state index contributed by atoms with van der Waals surface area (Å²) in [6, 6.07) is 0. The van der Waals surface area contributed by atoms with E-state index in [2.05, 4.69) is 18.7 Å². The van der Waals surface area contributed by atoms with Crippen molar-refractivity contribution in [3.05, 3.63) is 0 Å². The summed E-state index contributed by atoms with van der Waals surface area (Å²) in [5.41, 5.74) is 0. The molecule has 1 unspecified atom stereocenters. The lowest BCUT2D eigenvalue weighted by Crippen LogP contribution is -2.47. The highest BCUT2D eigenvalue weighted by atomic mass is 16.5. The maximum atomic E-state index is 10.6. The number of carbonyl (C=O) groups is 1. The van der Waals surface area contributed by atoms with E-state index in [9.17, 15) is 4.79 Å². The SMILES string of the molecule is CC(C)CCCN1CCOC(CN(C)C=O)C1. The van der Waals surface area contributed by atoms with Crippen LogP contribution >= 0.6 is 0 Å². The van der Waals surface area contributed by atoms with Crippen molar-refractivity contribution in [3.8, 4) is 0 Å². The Labute approximate surface area is 105 Å². The van der Waals surface area contributed by atoms with Gasteiger partial charge in [-0.2, -0.15) is 0 Å². The summed E-state index contributed by atoms with van der Waals surface area (Å²) in [5, 5.41) is 0. The summed E-state index contributed by atoms with van der Waals surface area (Å²) < 4.78 is 5.67. The molecule has 0 spiro atoms. The topological polar surface area (TPSA) is 32.8 Å². The lowest BCUT2D eigenvalue weighted by molar-refractivity contribution is -0.120. The third kappa shape index (κ3) is 6.03. The number of hydrogen-bond donors (Lipinski definition) is 0. The van der Waals surface area contributed by atoms with Crippen molar-refractivity contribution in [2.75, 3.05) is 39.8 Å². The smallest absolute Gasteiger partial charge is 0.209 e. The lowest BCUT2D eigenvalue weighted by atomic mass is 10.1. The van der Waals surface area contributed by atoms with Crippen LogP contribution in [0.4, 0.5) is 0 Å². The first kappa shape index (κ1) is 14.5. The minimum absolute atomic E-state index is 0.179. The van der Waals surface area contributed by atoms with Crippen molar-refractivity contribution >= 4 is 6.41 Å². The van der Waals surface area contributed by atoms with Gasteiger partial charge in [0.2, 0.25) is 6.41 Å². The summed E-state index contributed by atoms with van der Waals surface area (Å²) in [6.07, 6.45) is 3.59. The minimum atomic E-state index is 0.179. The highest BCUT2D eigenvalue weighted by molar-refractivity contribution is 5.46. The quantitative estimate of drug-likeness (QED) is 0.629. The Bertz CT molecular complexity index is 221. The largest absolute Gasteiger partial charge is 0.374 e. The van der Waals surface area contributed by atoms with Crippen LogP contribution in [-0.4, -0.2) is 62.1 Å². The average molecular weight is 242 g/mol. The first-order valence-electron chi connectivity index (χ1n) is 6.61. The fourth-order valence-electron chi connectivity index (χ4n) is 2.18. The number of carbonyl (C=O) groups excluding carboxylic acids is 1. The number of likely N-dealkylation sites (N-methyl/N-ethyl adjacent to an activating group) is 1. The molecule has 1 saturated heterocycles. The Morgan fingerprint density at radius 3 is 2.94 bits per heavy atom. The second-order valence-corrected chi connectivity index (χ2v) is 5.37. The summed E-state index contributed by atoms with van der Waals surface area (Å²) in [4.78, 5) is 14.7. The number of hydrogen-bond acceptors (Lipinski definition) is 3. The molecule has 17 heavy (non-hydrogen) atoms. The van der Waals surface area contributed by atoms with Crippen molar-refractivity contribution in [1.29, 1.82) is 0 Å². The Hall–Kier alpha value is -0.610. The fraction of sp³-hybridized carbons (Fsp3) is 0.923. The molecule has 1 rings (SSSR count). The Balaban J connectivity index is 2.21. The standard InChI is InChI=1S/C13H26N2O2/c1-12(2)5-4-6-15-7-8-17-13(10-15)9-14(3)11-16/h11-13H,4-10H2,1-3H3. The van der Waals surface area contributed by atoms with Crippen LogP contribution in [0.15, 0.2) is 0 Å². The molecule has 4 heteroatoms. The maximum absolute atomic E-state index is 10.6. The van der Waals surface area contributed by atoms with Crippen LogP contribution in [0.3, 0.4) is 0 Å². The summed E-state index contributed by atoms with van der Waals surface area (Å²) in [7, 11) is 1.80. The van der Waals surface area contributed by atoms with Gasteiger partial charge in [-0.1, -0.05) is 13.8 Å². The Morgan fingerprint density at radius 1 is 1.53 bits per heavy atom. The molecule has 0 saturated carbocycles. The molecule has 1 fully saturated rings. The molecule has 0 aromatic heterocycles. The molecule has 1 aliphatic heterocycles. The predicted molar refractivity (Wildman–Crippen MR) is 68.9 cm³/mol. The van der Waals surface area contributed by atoms with E-state index in [4.69, 9.17) is 4.74 Å². The van der Waals surface area contributed by atoms with Gasteiger partial charge in [0.15, 0.2) is 0 Å². The van der Waals surface area contributed by atoms with Crippen LogP contribution in [0.5, 0.6) is 0 Å². The summed E-state index contributed by atoms with van der Waals surface area (Å²) in [5.74, 6) is 0.785. The Kier molecular flexibility index (Phi) is 6.52. The first-order chi connectivity index (χ1) is 8.11. The van der Waals surface area contributed by atoms with E-state index >= 15 is 0 Å². The molecule has 0 bridgehead atoms. The molecule has 1 aliphatic rings. The van der Waals surface area contributed by atoms with Crippen molar-refractivity contribution < 1.29 is 9.53 Å². The van der Waals surface area contributed by atoms with Gasteiger partial charge in [-0.25, -0.2) is 0 Å². The molecule has 0 aliphatic carbocycles. The highest BCUT2D eigenvalue weighted by Gasteiger charge is 2.20. The lowest BCUT2D eigenvalue weighted by Gasteiger charge is -2.34. The van der Waals surface area contributed by atoms with Crippen molar-refractivity contribution in [2.24, 2.45) is 5.92 Å². The van der Waals surface area contributed by atoms with Gasteiger partial charge in [0, 0.05) is 26.7 Å². The zero-order valence-corrected chi connectivity index (χ0v) is 11.4. The van der Waals surface area contributed by atoms with Gasteiger partial charge in [-0.3, -0.25) is 9.69 Å². The molecule has 4 nitrogen and oxygen atoms in total. The monoisotopic (exact) mass is 242 g/mol. The van der Waals surface area contributed by atoms with E-state index in [1.54, 1.807) is 11.9 Å². The van der Waals surface area contributed by atoms with Crippen molar-refractivity contribution in [1.82, 2.24) is 9.80 Å². The van der Waals surface area contributed by atoms with Crippen molar-refractivity contribution in [2.45, 2.75) is 32.8 Å².